The summed E-state index contributed by atoms with van der Waals surface area (Å²) >= 11 is 6.38. The van der Waals surface area contributed by atoms with E-state index < -0.39 is 0 Å². The van der Waals surface area contributed by atoms with Crippen LogP contribution in [0.1, 0.15) is 25.5 Å². The fourth-order valence-electron chi connectivity index (χ4n) is 2.84. The fraction of sp³-hybridized carbons (Fsp3) is 0.600. The van der Waals surface area contributed by atoms with Gasteiger partial charge in [-0.25, -0.2) is 0 Å². The molecule has 1 atom stereocenters. The number of nitrogens with zero attached hydrogens (tertiary/aromatic N) is 1. The van der Waals surface area contributed by atoms with Gasteiger partial charge < -0.3 is 10.4 Å². The molecule has 106 valence electrons. The Balaban J connectivity index is 2.36. The quantitative estimate of drug-likeness (QED) is 0.890. The van der Waals surface area contributed by atoms with Crippen molar-refractivity contribution in [1.82, 2.24) is 10.2 Å². The fourth-order valence-corrected chi connectivity index (χ4v) is 3.07. The number of hydrogen-bond acceptors (Lipinski definition) is 3. The SMILES string of the molecule is CC(C)(CO)[C@H](c1ccccc1Cl)N1CCNCC1. The summed E-state index contributed by atoms with van der Waals surface area (Å²) in [7, 11) is 0. The molecule has 0 spiro atoms. The maximum atomic E-state index is 9.76. The lowest BCUT2D eigenvalue weighted by Gasteiger charge is -2.43. The first-order valence-electron chi connectivity index (χ1n) is 6.86. The van der Waals surface area contributed by atoms with Gasteiger partial charge in [-0.2, -0.15) is 0 Å². The second-order valence-electron chi connectivity index (χ2n) is 5.86. The highest BCUT2D eigenvalue weighted by molar-refractivity contribution is 6.31. The second-order valence-corrected chi connectivity index (χ2v) is 6.26. The Morgan fingerprint density at radius 1 is 1.32 bits per heavy atom. The number of aliphatic hydroxyl groups excluding tert-OH is 1. The zero-order valence-corrected chi connectivity index (χ0v) is 12.5. The van der Waals surface area contributed by atoms with Gasteiger partial charge in [0.05, 0.1) is 0 Å². The number of hydrogen-bond donors (Lipinski definition) is 2. The third-order valence-corrected chi connectivity index (χ3v) is 4.21. The number of nitrogens with one attached hydrogen (secondary N) is 1. The lowest BCUT2D eigenvalue weighted by atomic mass is 9.79. The van der Waals surface area contributed by atoms with Gasteiger partial charge in [0.2, 0.25) is 0 Å². The van der Waals surface area contributed by atoms with Gasteiger partial charge in [-0.05, 0) is 11.6 Å². The molecule has 1 saturated heterocycles. The predicted molar refractivity (Wildman–Crippen MR) is 79.5 cm³/mol. The molecule has 0 aromatic heterocycles. The summed E-state index contributed by atoms with van der Waals surface area (Å²) in [6, 6.07) is 8.12. The molecule has 0 saturated carbocycles. The van der Waals surface area contributed by atoms with E-state index in [0.29, 0.717) is 0 Å². The highest BCUT2D eigenvalue weighted by Gasteiger charge is 2.36. The Labute approximate surface area is 120 Å². The lowest BCUT2D eigenvalue weighted by Crippen LogP contribution is -2.49. The van der Waals surface area contributed by atoms with Crippen LogP contribution in [0, 0.1) is 5.41 Å². The molecule has 2 N–H and O–H groups in total. The summed E-state index contributed by atoms with van der Waals surface area (Å²) in [5.74, 6) is 0. The number of aliphatic hydroxyl groups is 1. The minimum atomic E-state index is -0.220. The molecule has 4 heteroatoms. The Morgan fingerprint density at radius 2 is 1.95 bits per heavy atom. The molecular weight excluding hydrogens is 260 g/mol. The van der Waals surface area contributed by atoms with Crippen LogP contribution in [0.3, 0.4) is 0 Å². The molecule has 1 aliphatic rings. The third kappa shape index (κ3) is 3.29. The first-order valence-corrected chi connectivity index (χ1v) is 7.24. The highest BCUT2D eigenvalue weighted by Crippen LogP contribution is 2.40. The Bertz CT molecular complexity index is 416. The van der Waals surface area contributed by atoms with E-state index in [2.05, 4.69) is 30.1 Å². The van der Waals surface area contributed by atoms with Crippen LogP contribution in [-0.4, -0.2) is 42.8 Å². The van der Waals surface area contributed by atoms with Gasteiger partial charge in [0.15, 0.2) is 0 Å². The van der Waals surface area contributed by atoms with Crippen molar-refractivity contribution in [2.75, 3.05) is 32.8 Å². The normalized spacial score (nSPS) is 19.4. The maximum Gasteiger partial charge on any atom is 0.0500 e. The van der Waals surface area contributed by atoms with E-state index in [-0.39, 0.29) is 18.1 Å². The van der Waals surface area contributed by atoms with Crippen molar-refractivity contribution in [3.63, 3.8) is 0 Å². The average molecular weight is 283 g/mol. The Hall–Kier alpha value is -0.610. The van der Waals surface area contributed by atoms with Crippen molar-refractivity contribution in [2.45, 2.75) is 19.9 Å². The van der Waals surface area contributed by atoms with Crippen LogP contribution in [-0.2, 0) is 0 Å². The standard InChI is InChI=1S/C15H23ClN2O/c1-15(2,11-19)14(18-9-7-17-8-10-18)12-5-3-4-6-13(12)16/h3-6,14,17,19H,7-11H2,1-2H3/t14-/m0/s1. The smallest absolute Gasteiger partial charge is 0.0500 e. The number of halogens is 1. The van der Waals surface area contributed by atoms with Crippen molar-refractivity contribution in [1.29, 1.82) is 0 Å². The van der Waals surface area contributed by atoms with E-state index in [4.69, 9.17) is 11.6 Å². The van der Waals surface area contributed by atoms with E-state index in [9.17, 15) is 5.11 Å². The molecule has 0 bridgehead atoms. The molecule has 0 amide bonds. The van der Waals surface area contributed by atoms with Gasteiger partial charge >= 0.3 is 0 Å². The zero-order valence-electron chi connectivity index (χ0n) is 11.7. The van der Waals surface area contributed by atoms with Crippen LogP contribution in [0.2, 0.25) is 5.02 Å². The van der Waals surface area contributed by atoms with E-state index in [1.807, 2.05) is 18.2 Å². The molecule has 0 radical (unpaired) electrons. The summed E-state index contributed by atoms with van der Waals surface area (Å²) in [4.78, 5) is 2.42. The summed E-state index contributed by atoms with van der Waals surface area (Å²) < 4.78 is 0. The molecule has 1 heterocycles. The topological polar surface area (TPSA) is 35.5 Å². The minimum absolute atomic E-state index is 0.146. The van der Waals surface area contributed by atoms with E-state index in [0.717, 1.165) is 36.8 Å². The van der Waals surface area contributed by atoms with Gasteiger partial charge in [0.25, 0.3) is 0 Å². The molecule has 1 aromatic carbocycles. The van der Waals surface area contributed by atoms with Crippen LogP contribution >= 0.6 is 11.6 Å². The van der Waals surface area contributed by atoms with Crippen molar-refractivity contribution >= 4 is 11.6 Å². The predicted octanol–water partition coefficient (Wildman–Crippen LogP) is 2.30. The van der Waals surface area contributed by atoms with Gasteiger partial charge in [-0.3, -0.25) is 4.90 Å². The molecule has 0 unspecified atom stereocenters. The summed E-state index contributed by atoms with van der Waals surface area (Å²) in [5, 5.41) is 13.9. The van der Waals surface area contributed by atoms with Crippen molar-refractivity contribution in [3.8, 4) is 0 Å². The maximum absolute atomic E-state index is 9.76. The van der Waals surface area contributed by atoms with Crippen molar-refractivity contribution < 1.29 is 5.11 Å². The molecule has 1 fully saturated rings. The lowest BCUT2D eigenvalue weighted by molar-refractivity contribution is 0.0306. The Kier molecular flexibility index (Phi) is 4.85. The molecule has 0 aliphatic carbocycles. The average Bonchev–Trinajstić information content (AvgIpc) is 2.42. The van der Waals surface area contributed by atoms with E-state index in [1.165, 1.54) is 0 Å². The first kappa shape index (κ1) is 14.8. The van der Waals surface area contributed by atoms with Crippen LogP contribution in [0.15, 0.2) is 24.3 Å². The van der Waals surface area contributed by atoms with Crippen molar-refractivity contribution in [3.05, 3.63) is 34.9 Å². The highest BCUT2D eigenvalue weighted by atomic mass is 35.5. The summed E-state index contributed by atoms with van der Waals surface area (Å²) in [5.41, 5.74) is 0.896. The zero-order chi connectivity index (χ0) is 13.9. The number of piperazine rings is 1. The van der Waals surface area contributed by atoms with E-state index >= 15 is 0 Å². The largest absolute Gasteiger partial charge is 0.396 e. The van der Waals surface area contributed by atoms with Gasteiger partial charge in [0, 0.05) is 49.3 Å². The van der Waals surface area contributed by atoms with E-state index in [1.54, 1.807) is 0 Å². The summed E-state index contributed by atoms with van der Waals surface area (Å²) in [6.45, 7) is 8.29. The van der Waals surface area contributed by atoms with Crippen LogP contribution in [0.5, 0.6) is 0 Å². The molecular formula is C15H23ClN2O. The second kappa shape index (κ2) is 6.23. The van der Waals surface area contributed by atoms with Crippen LogP contribution in [0.25, 0.3) is 0 Å². The number of benzene rings is 1. The monoisotopic (exact) mass is 282 g/mol. The third-order valence-electron chi connectivity index (χ3n) is 3.86. The summed E-state index contributed by atoms with van der Waals surface area (Å²) in [6.07, 6.45) is 0. The van der Waals surface area contributed by atoms with Gasteiger partial charge in [-0.1, -0.05) is 43.6 Å². The molecule has 1 aliphatic heterocycles. The molecule has 19 heavy (non-hydrogen) atoms. The minimum Gasteiger partial charge on any atom is -0.396 e. The van der Waals surface area contributed by atoms with Crippen LogP contribution < -0.4 is 5.32 Å². The molecule has 1 aromatic rings. The molecule has 3 nitrogen and oxygen atoms in total. The Morgan fingerprint density at radius 3 is 2.53 bits per heavy atom. The van der Waals surface area contributed by atoms with Crippen LogP contribution in [0.4, 0.5) is 0 Å². The number of rotatable bonds is 4. The first-order chi connectivity index (χ1) is 9.06. The van der Waals surface area contributed by atoms with Gasteiger partial charge in [-0.15, -0.1) is 0 Å². The molecule has 2 rings (SSSR count). The van der Waals surface area contributed by atoms with Crippen molar-refractivity contribution in [2.24, 2.45) is 5.41 Å². The van der Waals surface area contributed by atoms with Gasteiger partial charge in [0.1, 0.15) is 0 Å².